The first kappa shape index (κ1) is 23.4. The van der Waals surface area contributed by atoms with Crippen molar-refractivity contribution in [3.05, 3.63) is 90.0 Å². The van der Waals surface area contributed by atoms with Gasteiger partial charge in [-0.2, -0.15) is 4.31 Å². The first-order valence-electron chi connectivity index (χ1n) is 9.64. The Morgan fingerprint density at radius 2 is 1.69 bits per heavy atom. The Bertz CT molecular complexity index is 1190. The lowest BCUT2D eigenvalue weighted by Gasteiger charge is -2.28. The predicted molar refractivity (Wildman–Crippen MR) is 117 cm³/mol. The molecule has 3 rings (SSSR count). The molecule has 0 saturated carbocycles. The van der Waals surface area contributed by atoms with E-state index in [-0.39, 0.29) is 17.0 Å². The molecule has 1 atom stereocenters. The molecular formula is C23H22F2N2O4S. The average Bonchev–Trinajstić information content (AvgIpc) is 2.79. The van der Waals surface area contributed by atoms with Gasteiger partial charge in [0.25, 0.3) is 0 Å². The maximum Gasteiger partial charge on any atom is 0.243 e. The minimum atomic E-state index is -3.94. The van der Waals surface area contributed by atoms with Crippen LogP contribution in [0.5, 0.6) is 5.75 Å². The van der Waals surface area contributed by atoms with Gasteiger partial charge in [-0.15, -0.1) is 0 Å². The number of methoxy groups -OCH3 is 1. The number of carbonyl (C=O) groups excluding carboxylic acids is 1. The van der Waals surface area contributed by atoms with Crippen molar-refractivity contribution in [1.82, 2.24) is 4.31 Å². The number of hydrogen-bond donors (Lipinski definition) is 1. The summed E-state index contributed by atoms with van der Waals surface area (Å²) in [5.41, 5.74) is 0.348. The molecule has 3 aromatic rings. The van der Waals surface area contributed by atoms with Crippen LogP contribution in [0.25, 0.3) is 0 Å². The highest BCUT2D eigenvalue weighted by atomic mass is 32.2. The fraction of sp³-hybridized carbons (Fsp3) is 0.174. The third-order valence-corrected chi connectivity index (χ3v) is 6.82. The number of rotatable bonds is 8. The predicted octanol–water partition coefficient (Wildman–Crippen LogP) is 4.36. The van der Waals surface area contributed by atoms with E-state index in [0.29, 0.717) is 17.4 Å². The zero-order valence-electron chi connectivity index (χ0n) is 17.5. The van der Waals surface area contributed by atoms with Crippen LogP contribution in [-0.4, -0.2) is 32.8 Å². The summed E-state index contributed by atoms with van der Waals surface area (Å²) in [6.45, 7) is 0. The summed E-state index contributed by atoms with van der Waals surface area (Å²) < 4.78 is 59.7. The van der Waals surface area contributed by atoms with E-state index in [1.54, 1.807) is 42.5 Å². The van der Waals surface area contributed by atoms with Gasteiger partial charge in [0.15, 0.2) is 0 Å². The maximum absolute atomic E-state index is 13.9. The Morgan fingerprint density at radius 1 is 1.03 bits per heavy atom. The number of hydrogen-bond acceptors (Lipinski definition) is 4. The molecule has 3 aromatic carbocycles. The van der Waals surface area contributed by atoms with E-state index in [2.05, 4.69) is 5.32 Å². The number of sulfonamides is 1. The summed E-state index contributed by atoms with van der Waals surface area (Å²) in [7, 11) is -1.05. The van der Waals surface area contributed by atoms with Crippen molar-refractivity contribution in [2.75, 3.05) is 19.5 Å². The molecule has 168 valence electrons. The van der Waals surface area contributed by atoms with Crippen molar-refractivity contribution in [3.63, 3.8) is 0 Å². The first-order valence-corrected chi connectivity index (χ1v) is 11.1. The van der Waals surface area contributed by atoms with E-state index in [1.807, 2.05) is 0 Å². The average molecular weight is 461 g/mol. The SMILES string of the molecule is COc1ccc([C@@H](CC(=O)Nc2ccc(F)cc2F)N(C)S(=O)(=O)c2ccccc2)cc1. The molecule has 0 unspecified atom stereocenters. The van der Waals surface area contributed by atoms with Gasteiger partial charge in [0.1, 0.15) is 17.4 Å². The van der Waals surface area contributed by atoms with Gasteiger partial charge in [-0.3, -0.25) is 4.79 Å². The molecule has 0 aliphatic carbocycles. The molecule has 9 heteroatoms. The molecular weight excluding hydrogens is 438 g/mol. The molecule has 0 heterocycles. The fourth-order valence-corrected chi connectivity index (χ4v) is 4.54. The number of benzene rings is 3. The monoisotopic (exact) mass is 460 g/mol. The summed E-state index contributed by atoms with van der Waals surface area (Å²) in [6.07, 6.45) is -0.300. The van der Waals surface area contributed by atoms with Crippen LogP contribution >= 0.6 is 0 Å². The third-order valence-electron chi connectivity index (χ3n) is 4.94. The number of ether oxygens (including phenoxy) is 1. The summed E-state index contributed by atoms with van der Waals surface area (Å²) in [6, 6.07) is 16.4. The lowest BCUT2D eigenvalue weighted by atomic mass is 10.0. The van der Waals surface area contributed by atoms with E-state index in [9.17, 15) is 22.0 Å². The number of amides is 1. The third kappa shape index (κ3) is 5.30. The number of nitrogens with zero attached hydrogens (tertiary/aromatic N) is 1. The maximum atomic E-state index is 13.9. The van der Waals surface area contributed by atoms with Gasteiger partial charge in [0, 0.05) is 19.5 Å². The lowest BCUT2D eigenvalue weighted by molar-refractivity contribution is -0.117. The number of carbonyl (C=O) groups is 1. The summed E-state index contributed by atoms with van der Waals surface area (Å²) in [5.74, 6) is -1.76. The van der Waals surface area contributed by atoms with Crippen molar-refractivity contribution in [3.8, 4) is 5.75 Å². The van der Waals surface area contributed by atoms with Crippen LogP contribution in [0.3, 0.4) is 0 Å². The van der Waals surface area contributed by atoms with Gasteiger partial charge in [0.05, 0.1) is 23.7 Å². The Labute approximate surface area is 185 Å². The number of nitrogens with one attached hydrogen (secondary N) is 1. The zero-order valence-corrected chi connectivity index (χ0v) is 18.3. The summed E-state index contributed by atoms with van der Waals surface area (Å²) in [4.78, 5) is 12.8. The smallest absolute Gasteiger partial charge is 0.243 e. The second-order valence-electron chi connectivity index (χ2n) is 7.00. The van der Waals surface area contributed by atoms with Gasteiger partial charge in [-0.05, 0) is 42.0 Å². The molecule has 6 nitrogen and oxygen atoms in total. The van der Waals surface area contributed by atoms with Crippen LogP contribution in [0.15, 0.2) is 77.7 Å². The van der Waals surface area contributed by atoms with Crippen LogP contribution in [0, 0.1) is 11.6 Å². The molecule has 0 bridgehead atoms. The molecule has 0 spiro atoms. The summed E-state index contributed by atoms with van der Waals surface area (Å²) >= 11 is 0. The Morgan fingerprint density at radius 3 is 2.28 bits per heavy atom. The van der Waals surface area contributed by atoms with Crippen LogP contribution in [0.4, 0.5) is 14.5 Å². The Balaban J connectivity index is 1.92. The second kappa shape index (κ2) is 9.88. The van der Waals surface area contributed by atoms with E-state index in [4.69, 9.17) is 4.74 Å². The topological polar surface area (TPSA) is 75.7 Å². The molecule has 0 saturated heterocycles. The number of anilines is 1. The lowest BCUT2D eigenvalue weighted by Crippen LogP contribution is -2.34. The van der Waals surface area contributed by atoms with Gasteiger partial charge in [-0.25, -0.2) is 17.2 Å². The second-order valence-corrected chi connectivity index (χ2v) is 9.00. The van der Waals surface area contributed by atoms with Crippen LogP contribution < -0.4 is 10.1 Å². The van der Waals surface area contributed by atoms with E-state index < -0.39 is 33.6 Å². The Hall–Kier alpha value is -3.30. The van der Waals surface area contributed by atoms with Gasteiger partial charge in [0.2, 0.25) is 15.9 Å². The van der Waals surface area contributed by atoms with Crippen molar-refractivity contribution in [2.24, 2.45) is 0 Å². The standard InChI is InChI=1S/C23H22F2N2O4S/c1-27(32(29,30)19-6-4-3-5-7-19)22(16-8-11-18(31-2)12-9-16)15-23(28)26-21-13-10-17(24)14-20(21)25/h3-14,22H,15H2,1-2H3,(H,26,28)/t22-/m1/s1. The quantitative estimate of drug-likeness (QED) is 0.542. The van der Waals surface area contributed by atoms with E-state index in [1.165, 1.54) is 26.3 Å². The molecule has 1 N–H and O–H groups in total. The molecule has 0 aromatic heterocycles. The largest absolute Gasteiger partial charge is 0.497 e. The highest BCUT2D eigenvalue weighted by Crippen LogP contribution is 2.30. The molecule has 0 aliphatic rings. The van der Waals surface area contributed by atoms with Gasteiger partial charge in [-0.1, -0.05) is 30.3 Å². The van der Waals surface area contributed by atoms with Crippen molar-refractivity contribution in [2.45, 2.75) is 17.4 Å². The van der Waals surface area contributed by atoms with Crippen LogP contribution in [0.1, 0.15) is 18.0 Å². The minimum absolute atomic E-state index is 0.0750. The van der Waals surface area contributed by atoms with Crippen LogP contribution in [0.2, 0.25) is 0 Å². The van der Waals surface area contributed by atoms with Crippen molar-refractivity contribution >= 4 is 21.6 Å². The normalized spacial score (nSPS) is 12.4. The highest BCUT2D eigenvalue weighted by Gasteiger charge is 2.31. The van der Waals surface area contributed by atoms with Crippen molar-refractivity contribution < 1.29 is 26.7 Å². The van der Waals surface area contributed by atoms with Crippen molar-refractivity contribution in [1.29, 1.82) is 0 Å². The Kier molecular flexibility index (Phi) is 7.22. The minimum Gasteiger partial charge on any atom is -0.497 e. The van der Waals surface area contributed by atoms with E-state index >= 15 is 0 Å². The molecule has 1 amide bonds. The summed E-state index contributed by atoms with van der Waals surface area (Å²) in [5, 5.41) is 2.38. The zero-order chi connectivity index (χ0) is 23.3. The van der Waals surface area contributed by atoms with Crippen LogP contribution in [-0.2, 0) is 14.8 Å². The fourth-order valence-electron chi connectivity index (χ4n) is 3.18. The molecule has 32 heavy (non-hydrogen) atoms. The molecule has 0 radical (unpaired) electrons. The highest BCUT2D eigenvalue weighted by molar-refractivity contribution is 7.89. The number of halogens is 2. The molecule has 0 fully saturated rings. The van der Waals surface area contributed by atoms with E-state index in [0.717, 1.165) is 16.4 Å². The molecule has 0 aliphatic heterocycles. The van der Waals surface area contributed by atoms with Gasteiger partial charge >= 0.3 is 0 Å². The first-order chi connectivity index (χ1) is 15.2. The van der Waals surface area contributed by atoms with Gasteiger partial charge < -0.3 is 10.1 Å².